The molecule has 7 heteroatoms. The highest BCUT2D eigenvalue weighted by molar-refractivity contribution is 5.90. The van der Waals surface area contributed by atoms with E-state index in [0.717, 1.165) is 5.56 Å². The number of nitrogens with zero attached hydrogens (tertiary/aromatic N) is 1. The normalized spacial score (nSPS) is 16.6. The molecular formula is C19H19F2N3O2. The van der Waals surface area contributed by atoms with Gasteiger partial charge in [-0.05, 0) is 36.2 Å². The molecule has 0 spiro atoms. The Kier molecular flexibility index (Phi) is 5.46. The van der Waals surface area contributed by atoms with Gasteiger partial charge in [0.25, 0.3) is 0 Å². The molecule has 1 unspecified atom stereocenters. The standard InChI is InChI=1S/C19H19F2N3O2/c20-14-7-5-13(6-8-14)9-10-24-12-15(11-18(24)25)22-19(26)23-17-4-2-1-3-16(17)21/h1-8,15H,9-12H2,(H2,22,23,26). The smallest absolute Gasteiger partial charge is 0.319 e. The van der Waals surface area contributed by atoms with Crippen LogP contribution in [0.25, 0.3) is 0 Å². The largest absolute Gasteiger partial charge is 0.340 e. The molecule has 0 saturated carbocycles. The summed E-state index contributed by atoms with van der Waals surface area (Å²) in [5, 5.41) is 5.13. The minimum atomic E-state index is -0.548. The number of halogens is 2. The molecule has 26 heavy (non-hydrogen) atoms. The van der Waals surface area contributed by atoms with Gasteiger partial charge in [0, 0.05) is 19.5 Å². The number of nitrogens with one attached hydrogen (secondary N) is 2. The Morgan fingerprint density at radius 1 is 1.12 bits per heavy atom. The first-order valence-corrected chi connectivity index (χ1v) is 8.35. The van der Waals surface area contributed by atoms with Crippen molar-refractivity contribution in [2.45, 2.75) is 18.9 Å². The first-order valence-electron chi connectivity index (χ1n) is 8.35. The molecule has 1 fully saturated rings. The van der Waals surface area contributed by atoms with Crippen molar-refractivity contribution in [2.75, 3.05) is 18.4 Å². The van der Waals surface area contributed by atoms with Gasteiger partial charge in [0.05, 0.1) is 11.7 Å². The topological polar surface area (TPSA) is 61.4 Å². The van der Waals surface area contributed by atoms with E-state index in [4.69, 9.17) is 0 Å². The number of carbonyl (C=O) groups excluding carboxylic acids is 2. The van der Waals surface area contributed by atoms with Gasteiger partial charge in [-0.25, -0.2) is 13.6 Å². The monoisotopic (exact) mass is 359 g/mol. The SMILES string of the molecule is O=C(Nc1ccccc1F)NC1CC(=O)N(CCc2ccc(F)cc2)C1. The third-order valence-corrected chi connectivity index (χ3v) is 4.26. The Morgan fingerprint density at radius 3 is 2.58 bits per heavy atom. The molecular weight excluding hydrogens is 340 g/mol. The molecule has 3 amide bonds. The van der Waals surface area contributed by atoms with Crippen LogP contribution in [0.5, 0.6) is 0 Å². The molecule has 1 aliphatic heterocycles. The summed E-state index contributed by atoms with van der Waals surface area (Å²) in [6.07, 6.45) is 0.814. The lowest BCUT2D eigenvalue weighted by atomic mass is 10.1. The van der Waals surface area contributed by atoms with Gasteiger partial charge in [-0.2, -0.15) is 0 Å². The summed E-state index contributed by atoms with van der Waals surface area (Å²) in [4.78, 5) is 25.7. The molecule has 1 aliphatic rings. The third-order valence-electron chi connectivity index (χ3n) is 4.26. The van der Waals surface area contributed by atoms with E-state index < -0.39 is 11.8 Å². The Morgan fingerprint density at radius 2 is 1.85 bits per heavy atom. The summed E-state index contributed by atoms with van der Waals surface area (Å²) in [5.41, 5.74) is 1.02. The number of benzene rings is 2. The van der Waals surface area contributed by atoms with Crippen molar-refractivity contribution in [1.82, 2.24) is 10.2 Å². The van der Waals surface area contributed by atoms with E-state index in [1.807, 2.05) is 0 Å². The van der Waals surface area contributed by atoms with Crippen molar-refractivity contribution < 1.29 is 18.4 Å². The van der Waals surface area contributed by atoms with Gasteiger partial charge in [0.15, 0.2) is 0 Å². The van der Waals surface area contributed by atoms with Gasteiger partial charge < -0.3 is 15.5 Å². The fourth-order valence-corrected chi connectivity index (χ4v) is 2.91. The van der Waals surface area contributed by atoms with Crippen LogP contribution in [-0.4, -0.2) is 36.0 Å². The fraction of sp³-hybridized carbons (Fsp3) is 0.263. The van der Waals surface area contributed by atoms with E-state index in [-0.39, 0.29) is 29.9 Å². The van der Waals surface area contributed by atoms with E-state index in [1.54, 1.807) is 23.1 Å². The van der Waals surface area contributed by atoms with Gasteiger partial charge in [0.1, 0.15) is 11.6 Å². The van der Waals surface area contributed by atoms with Crippen molar-refractivity contribution in [3.63, 3.8) is 0 Å². The van der Waals surface area contributed by atoms with Gasteiger partial charge >= 0.3 is 6.03 Å². The highest BCUT2D eigenvalue weighted by atomic mass is 19.1. The summed E-state index contributed by atoms with van der Waals surface area (Å²) in [7, 11) is 0. The lowest BCUT2D eigenvalue weighted by Crippen LogP contribution is -2.40. The summed E-state index contributed by atoms with van der Waals surface area (Å²) in [6.45, 7) is 0.891. The molecule has 1 atom stereocenters. The summed E-state index contributed by atoms with van der Waals surface area (Å²) in [5.74, 6) is -0.870. The molecule has 1 saturated heterocycles. The lowest BCUT2D eigenvalue weighted by Gasteiger charge is -2.17. The molecule has 2 aromatic rings. The maximum absolute atomic E-state index is 13.5. The number of hydrogen-bond acceptors (Lipinski definition) is 2. The van der Waals surface area contributed by atoms with E-state index in [2.05, 4.69) is 10.6 Å². The number of rotatable bonds is 5. The van der Waals surface area contributed by atoms with Crippen molar-refractivity contribution in [3.05, 3.63) is 65.7 Å². The van der Waals surface area contributed by atoms with Crippen LogP contribution >= 0.6 is 0 Å². The minimum Gasteiger partial charge on any atom is -0.340 e. The van der Waals surface area contributed by atoms with Crippen LogP contribution in [0.1, 0.15) is 12.0 Å². The first kappa shape index (κ1) is 17.8. The van der Waals surface area contributed by atoms with Crippen LogP contribution in [0.15, 0.2) is 48.5 Å². The maximum Gasteiger partial charge on any atom is 0.319 e. The Labute approximate surface area is 150 Å². The number of carbonyl (C=O) groups is 2. The fourth-order valence-electron chi connectivity index (χ4n) is 2.91. The van der Waals surface area contributed by atoms with Crippen LogP contribution < -0.4 is 10.6 Å². The molecule has 2 N–H and O–H groups in total. The highest BCUT2D eigenvalue weighted by Crippen LogP contribution is 2.15. The molecule has 1 heterocycles. The number of urea groups is 1. The van der Waals surface area contributed by atoms with Crippen LogP contribution in [0.2, 0.25) is 0 Å². The lowest BCUT2D eigenvalue weighted by molar-refractivity contribution is -0.127. The number of hydrogen-bond donors (Lipinski definition) is 2. The highest BCUT2D eigenvalue weighted by Gasteiger charge is 2.30. The van der Waals surface area contributed by atoms with Gasteiger partial charge in [-0.15, -0.1) is 0 Å². The van der Waals surface area contributed by atoms with Crippen molar-refractivity contribution in [1.29, 1.82) is 0 Å². The van der Waals surface area contributed by atoms with E-state index in [0.29, 0.717) is 19.5 Å². The minimum absolute atomic E-state index is 0.0525. The van der Waals surface area contributed by atoms with Gasteiger partial charge in [0.2, 0.25) is 5.91 Å². The zero-order chi connectivity index (χ0) is 18.5. The Hall–Kier alpha value is -2.96. The zero-order valence-corrected chi connectivity index (χ0v) is 14.0. The Bertz CT molecular complexity index is 796. The molecule has 0 radical (unpaired) electrons. The molecule has 3 rings (SSSR count). The molecule has 2 aromatic carbocycles. The van der Waals surface area contributed by atoms with Crippen LogP contribution in [0.4, 0.5) is 19.3 Å². The van der Waals surface area contributed by atoms with E-state index >= 15 is 0 Å². The average molecular weight is 359 g/mol. The maximum atomic E-state index is 13.5. The van der Waals surface area contributed by atoms with Gasteiger partial charge in [-0.1, -0.05) is 24.3 Å². The zero-order valence-electron chi connectivity index (χ0n) is 14.0. The van der Waals surface area contributed by atoms with E-state index in [9.17, 15) is 18.4 Å². The number of likely N-dealkylation sites (tertiary alicyclic amines) is 1. The quantitative estimate of drug-likeness (QED) is 0.862. The van der Waals surface area contributed by atoms with E-state index in [1.165, 1.54) is 30.3 Å². The summed E-state index contributed by atoms with van der Waals surface area (Å²) < 4.78 is 26.5. The van der Waals surface area contributed by atoms with Crippen LogP contribution in [-0.2, 0) is 11.2 Å². The average Bonchev–Trinajstić information content (AvgIpc) is 2.95. The number of amides is 3. The third kappa shape index (κ3) is 4.56. The second-order valence-electron chi connectivity index (χ2n) is 6.20. The second-order valence-corrected chi connectivity index (χ2v) is 6.20. The predicted octanol–water partition coefficient (Wildman–Crippen LogP) is 2.93. The molecule has 0 aromatic heterocycles. The molecule has 136 valence electrons. The van der Waals surface area contributed by atoms with Gasteiger partial charge in [-0.3, -0.25) is 4.79 Å². The first-order chi connectivity index (χ1) is 12.5. The van der Waals surface area contributed by atoms with Crippen molar-refractivity contribution >= 4 is 17.6 Å². The number of para-hydroxylation sites is 1. The molecule has 5 nitrogen and oxygen atoms in total. The molecule has 0 aliphatic carbocycles. The van der Waals surface area contributed by atoms with Crippen molar-refractivity contribution in [3.8, 4) is 0 Å². The molecule has 0 bridgehead atoms. The van der Waals surface area contributed by atoms with Crippen LogP contribution in [0.3, 0.4) is 0 Å². The summed E-state index contributed by atoms with van der Waals surface area (Å²) >= 11 is 0. The Balaban J connectivity index is 1.48. The predicted molar refractivity (Wildman–Crippen MR) is 93.6 cm³/mol. The van der Waals surface area contributed by atoms with Crippen LogP contribution in [0, 0.1) is 11.6 Å². The second kappa shape index (κ2) is 7.95. The van der Waals surface area contributed by atoms with Crippen molar-refractivity contribution in [2.24, 2.45) is 0 Å². The summed E-state index contributed by atoms with van der Waals surface area (Å²) in [6, 6.07) is 11.1. The number of anilines is 1.